The Morgan fingerprint density at radius 3 is 2.59 bits per heavy atom. The molecule has 2 heterocycles. The van der Waals surface area contributed by atoms with Crippen LogP contribution in [-0.2, 0) is 0 Å². The lowest BCUT2D eigenvalue weighted by Crippen LogP contribution is -2.17. The van der Waals surface area contributed by atoms with Crippen molar-refractivity contribution in [3.63, 3.8) is 0 Å². The fourth-order valence-electron chi connectivity index (χ4n) is 3.02. The standard InChI is InChI=1S/C20H20N4O3/c1-13(15-8-9-17-18(12-15)27-11-10-26-17)21-20-19(14(2)25)22-23-24(20)16-6-4-3-5-7-16/h3-9,12-13,21H,10-11H2,1-2H3. The van der Waals surface area contributed by atoms with Crippen LogP contribution in [0.1, 0.15) is 35.9 Å². The monoisotopic (exact) mass is 364 g/mol. The summed E-state index contributed by atoms with van der Waals surface area (Å²) < 4.78 is 12.9. The van der Waals surface area contributed by atoms with Crippen molar-refractivity contribution in [2.24, 2.45) is 0 Å². The van der Waals surface area contributed by atoms with Crippen LogP contribution in [0.5, 0.6) is 11.5 Å². The Morgan fingerprint density at radius 2 is 1.85 bits per heavy atom. The zero-order valence-corrected chi connectivity index (χ0v) is 15.2. The van der Waals surface area contributed by atoms with Gasteiger partial charge in [0.15, 0.2) is 28.8 Å². The van der Waals surface area contributed by atoms with Gasteiger partial charge in [-0.1, -0.05) is 29.5 Å². The van der Waals surface area contributed by atoms with E-state index in [0.717, 1.165) is 22.7 Å². The van der Waals surface area contributed by atoms with Gasteiger partial charge in [-0.3, -0.25) is 4.79 Å². The maximum absolute atomic E-state index is 12.0. The molecule has 1 atom stereocenters. The third-order valence-corrected chi connectivity index (χ3v) is 4.42. The normalized spacial score (nSPS) is 13.9. The van der Waals surface area contributed by atoms with E-state index in [1.54, 1.807) is 4.68 Å². The second kappa shape index (κ2) is 7.11. The number of aromatic nitrogens is 3. The van der Waals surface area contributed by atoms with Gasteiger partial charge in [0.2, 0.25) is 0 Å². The van der Waals surface area contributed by atoms with Crippen molar-refractivity contribution >= 4 is 11.6 Å². The molecule has 1 N–H and O–H groups in total. The average molecular weight is 364 g/mol. The highest BCUT2D eigenvalue weighted by atomic mass is 16.6. The highest BCUT2D eigenvalue weighted by molar-refractivity contribution is 5.97. The Bertz CT molecular complexity index is 969. The minimum absolute atomic E-state index is 0.0973. The molecule has 1 aliphatic heterocycles. The molecule has 27 heavy (non-hydrogen) atoms. The second-order valence-corrected chi connectivity index (χ2v) is 6.36. The lowest BCUT2D eigenvalue weighted by atomic mass is 10.1. The number of para-hydroxylation sites is 1. The van der Waals surface area contributed by atoms with Crippen molar-refractivity contribution in [2.75, 3.05) is 18.5 Å². The number of fused-ring (bicyclic) bond motifs is 1. The van der Waals surface area contributed by atoms with Crippen LogP contribution in [0.15, 0.2) is 48.5 Å². The molecule has 7 nitrogen and oxygen atoms in total. The van der Waals surface area contributed by atoms with Crippen LogP contribution in [0.4, 0.5) is 5.82 Å². The molecule has 1 unspecified atom stereocenters. The summed E-state index contributed by atoms with van der Waals surface area (Å²) in [5.74, 6) is 1.90. The van der Waals surface area contributed by atoms with E-state index in [2.05, 4.69) is 15.6 Å². The van der Waals surface area contributed by atoms with Crippen molar-refractivity contribution < 1.29 is 14.3 Å². The van der Waals surface area contributed by atoms with Crippen LogP contribution in [-0.4, -0.2) is 34.0 Å². The largest absolute Gasteiger partial charge is 0.486 e. The van der Waals surface area contributed by atoms with Gasteiger partial charge in [-0.05, 0) is 36.8 Å². The van der Waals surface area contributed by atoms with Gasteiger partial charge < -0.3 is 14.8 Å². The molecule has 0 spiro atoms. The molecule has 4 rings (SSSR count). The van der Waals surface area contributed by atoms with Gasteiger partial charge in [0.05, 0.1) is 11.7 Å². The Labute approximate surface area is 156 Å². The number of rotatable bonds is 5. The molecule has 3 aromatic rings. The van der Waals surface area contributed by atoms with E-state index >= 15 is 0 Å². The Kier molecular flexibility index (Phi) is 4.50. The molecule has 7 heteroatoms. The summed E-state index contributed by atoms with van der Waals surface area (Å²) in [6.45, 7) is 4.60. The van der Waals surface area contributed by atoms with E-state index in [1.807, 2.05) is 55.5 Å². The number of hydrogen-bond donors (Lipinski definition) is 1. The van der Waals surface area contributed by atoms with Gasteiger partial charge in [0.1, 0.15) is 13.2 Å². The first kappa shape index (κ1) is 17.1. The van der Waals surface area contributed by atoms with Crippen LogP contribution in [0.2, 0.25) is 0 Å². The summed E-state index contributed by atoms with van der Waals surface area (Å²) >= 11 is 0. The van der Waals surface area contributed by atoms with Crippen molar-refractivity contribution in [2.45, 2.75) is 19.9 Å². The fourth-order valence-corrected chi connectivity index (χ4v) is 3.02. The Morgan fingerprint density at radius 1 is 1.11 bits per heavy atom. The number of carbonyl (C=O) groups is 1. The number of benzene rings is 2. The highest BCUT2D eigenvalue weighted by Crippen LogP contribution is 2.34. The predicted octanol–water partition coefficient (Wildman–Crippen LogP) is 3.41. The molecule has 0 saturated carbocycles. The topological polar surface area (TPSA) is 78.3 Å². The molecule has 2 aromatic carbocycles. The van der Waals surface area contributed by atoms with Crippen LogP contribution < -0.4 is 14.8 Å². The van der Waals surface area contributed by atoms with Crippen molar-refractivity contribution in [3.8, 4) is 17.2 Å². The first-order valence-electron chi connectivity index (χ1n) is 8.81. The van der Waals surface area contributed by atoms with E-state index in [9.17, 15) is 4.79 Å². The minimum atomic E-state index is -0.144. The van der Waals surface area contributed by atoms with Crippen molar-refractivity contribution in [1.29, 1.82) is 0 Å². The number of ether oxygens (including phenoxy) is 2. The van der Waals surface area contributed by atoms with Gasteiger partial charge in [-0.15, -0.1) is 5.10 Å². The summed E-state index contributed by atoms with van der Waals surface area (Å²) in [4.78, 5) is 12.0. The molecule has 0 amide bonds. The molecule has 138 valence electrons. The van der Waals surface area contributed by atoms with Gasteiger partial charge in [-0.2, -0.15) is 4.68 Å². The SMILES string of the molecule is CC(=O)c1nnn(-c2ccccc2)c1NC(C)c1ccc2c(c1)OCCO2. The van der Waals surface area contributed by atoms with E-state index in [4.69, 9.17) is 9.47 Å². The number of nitrogens with zero attached hydrogens (tertiary/aromatic N) is 3. The first-order chi connectivity index (χ1) is 13.1. The zero-order valence-electron chi connectivity index (χ0n) is 15.2. The Balaban J connectivity index is 1.67. The van der Waals surface area contributed by atoms with Gasteiger partial charge in [-0.25, -0.2) is 0 Å². The number of nitrogens with one attached hydrogen (secondary N) is 1. The van der Waals surface area contributed by atoms with Crippen LogP contribution in [0, 0.1) is 0 Å². The lowest BCUT2D eigenvalue weighted by molar-refractivity contribution is 0.101. The summed E-state index contributed by atoms with van der Waals surface area (Å²) in [6, 6.07) is 15.3. The van der Waals surface area contributed by atoms with Gasteiger partial charge >= 0.3 is 0 Å². The predicted molar refractivity (Wildman–Crippen MR) is 101 cm³/mol. The summed E-state index contributed by atoms with van der Waals surface area (Å²) in [6.07, 6.45) is 0. The summed E-state index contributed by atoms with van der Waals surface area (Å²) in [5.41, 5.74) is 2.15. The molecule has 0 saturated heterocycles. The second-order valence-electron chi connectivity index (χ2n) is 6.36. The molecule has 0 fully saturated rings. The lowest BCUT2D eigenvalue weighted by Gasteiger charge is -2.22. The van der Waals surface area contributed by atoms with Crippen molar-refractivity contribution in [1.82, 2.24) is 15.0 Å². The molecule has 1 aromatic heterocycles. The molecule has 1 aliphatic rings. The third-order valence-electron chi connectivity index (χ3n) is 4.42. The summed E-state index contributed by atoms with van der Waals surface area (Å²) in [7, 11) is 0. The number of ketones is 1. The molecule has 0 bridgehead atoms. The maximum atomic E-state index is 12.0. The van der Waals surface area contributed by atoms with Crippen LogP contribution in [0.3, 0.4) is 0 Å². The molecule has 0 radical (unpaired) electrons. The summed E-state index contributed by atoms with van der Waals surface area (Å²) in [5, 5.41) is 11.6. The number of Topliss-reactive ketones (excluding diaryl/α,β-unsaturated/α-hetero) is 1. The minimum Gasteiger partial charge on any atom is -0.486 e. The number of carbonyl (C=O) groups excluding carboxylic acids is 1. The van der Waals surface area contributed by atoms with Gasteiger partial charge in [0, 0.05) is 6.92 Å². The molecule has 0 aliphatic carbocycles. The quantitative estimate of drug-likeness (QED) is 0.699. The fraction of sp³-hybridized carbons (Fsp3) is 0.250. The molecular formula is C20H20N4O3. The van der Waals surface area contributed by atoms with Crippen LogP contribution >= 0.6 is 0 Å². The van der Waals surface area contributed by atoms with E-state index in [1.165, 1.54) is 6.92 Å². The average Bonchev–Trinajstić information content (AvgIpc) is 3.12. The van der Waals surface area contributed by atoms with Crippen LogP contribution in [0.25, 0.3) is 5.69 Å². The molecular weight excluding hydrogens is 344 g/mol. The Hall–Kier alpha value is -3.35. The van der Waals surface area contributed by atoms with E-state index in [-0.39, 0.29) is 11.8 Å². The highest BCUT2D eigenvalue weighted by Gasteiger charge is 2.21. The number of hydrogen-bond acceptors (Lipinski definition) is 6. The third kappa shape index (κ3) is 3.36. The first-order valence-corrected chi connectivity index (χ1v) is 8.81. The van der Waals surface area contributed by atoms with Gasteiger partial charge in [0.25, 0.3) is 0 Å². The van der Waals surface area contributed by atoms with E-state index < -0.39 is 0 Å². The smallest absolute Gasteiger partial charge is 0.183 e. The zero-order chi connectivity index (χ0) is 18.8. The van der Waals surface area contributed by atoms with Crippen molar-refractivity contribution in [3.05, 3.63) is 59.8 Å². The van der Waals surface area contributed by atoms with E-state index in [0.29, 0.717) is 24.7 Å². The maximum Gasteiger partial charge on any atom is 0.183 e. The number of anilines is 1.